The number of hydrogen-bond donors (Lipinski definition) is 4. The Labute approximate surface area is 218 Å². The molecule has 0 atom stereocenters. The molecule has 0 fully saturated rings. The van der Waals surface area contributed by atoms with Crippen molar-refractivity contribution in [3.05, 3.63) is 107 Å². The summed E-state index contributed by atoms with van der Waals surface area (Å²) in [7, 11) is 0. The highest BCUT2D eigenvalue weighted by Crippen LogP contribution is 2.10. The lowest BCUT2D eigenvalue weighted by Crippen LogP contribution is -2.22. The molecule has 3 rings (SSSR count). The van der Waals surface area contributed by atoms with Crippen molar-refractivity contribution in [3.8, 4) is 0 Å². The quantitative estimate of drug-likeness (QED) is 0.213. The zero-order valence-corrected chi connectivity index (χ0v) is 20.3. The molecule has 0 aliphatic rings. The minimum atomic E-state index is -0.976. The molecule has 0 bridgehead atoms. The minimum absolute atomic E-state index is 0.136. The molecule has 10 heteroatoms. The first kappa shape index (κ1) is 27.5. The van der Waals surface area contributed by atoms with E-state index in [-0.39, 0.29) is 36.8 Å². The number of carboxylic acid groups (broad SMARTS) is 2. The van der Waals surface area contributed by atoms with Gasteiger partial charge in [0.2, 0.25) is 0 Å². The van der Waals surface area contributed by atoms with E-state index in [1.54, 1.807) is 48.5 Å². The van der Waals surface area contributed by atoms with Crippen molar-refractivity contribution >= 4 is 35.2 Å². The number of nitrogens with one attached hydrogen (secondary N) is 2. The molecule has 0 spiro atoms. The molecule has 2 amide bonds. The lowest BCUT2D eigenvalue weighted by atomic mass is 10.1. The van der Waals surface area contributed by atoms with Gasteiger partial charge in [-0.25, -0.2) is 10.9 Å². The first-order chi connectivity index (χ1) is 18.3. The summed E-state index contributed by atoms with van der Waals surface area (Å²) in [5, 5.41) is 26.3. The number of benzene rings is 3. The highest BCUT2D eigenvalue weighted by Gasteiger charge is 2.12. The fourth-order valence-electron chi connectivity index (χ4n) is 3.38. The predicted molar refractivity (Wildman–Crippen MR) is 141 cm³/mol. The number of carbonyl (C=O) groups excluding carboxylic acids is 2. The van der Waals surface area contributed by atoms with Crippen LogP contribution in [-0.2, 0) is 9.59 Å². The molecule has 4 N–H and O–H groups in total. The molecule has 0 aromatic heterocycles. The molecule has 38 heavy (non-hydrogen) atoms. The number of carbonyl (C=O) groups is 4. The normalized spacial score (nSPS) is 11.5. The molecule has 194 valence electrons. The van der Waals surface area contributed by atoms with Gasteiger partial charge in [-0.15, -0.1) is 0 Å². The fourth-order valence-corrected chi connectivity index (χ4v) is 3.38. The maximum absolute atomic E-state index is 12.6. The number of amides is 2. The van der Waals surface area contributed by atoms with E-state index in [2.05, 4.69) is 21.1 Å². The summed E-state index contributed by atoms with van der Waals surface area (Å²) in [5.41, 5.74) is 7.59. The monoisotopic (exact) mass is 514 g/mol. The zero-order valence-electron chi connectivity index (χ0n) is 20.3. The van der Waals surface area contributed by atoms with Gasteiger partial charge >= 0.3 is 11.9 Å². The average Bonchev–Trinajstić information content (AvgIpc) is 2.93. The van der Waals surface area contributed by atoms with E-state index in [1.807, 2.05) is 12.1 Å². The number of hydrogen-bond acceptors (Lipinski definition) is 6. The standard InChI is InChI=1S/C28H26N4O6/c33-25(34)17-15-23(19-7-3-1-4-8-19)29-31-27(37)21-11-13-22(14-12-21)28(38)32-30-24(16-18-26(35)36)20-9-5-2-6-10-20/h1-14H,15-18H2,(H,31,37)(H,32,38)(H,33,34)(H,35,36). The Bertz CT molecular complexity index is 1230. The number of nitrogens with zero attached hydrogens (tertiary/aromatic N) is 2. The molecule has 0 aliphatic carbocycles. The number of aliphatic carboxylic acids is 2. The van der Waals surface area contributed by atoms with E-state index in [9.17, 15) is 19.2 Å². The van der Waals surface area contributed by atoms with Crippen LogP contribution >= 0.6 is 0 Å². The van der Waals surface area contributed by atoms with Gasteiger partial charge in [0.15, 0.2) is 0 Å². The van der Waals surface area contributed by atoms with E-state index in [4.69, 9.17) is 10.2 Å². The first-order valence-corrected chi connectivity index (χ1v) is 11.7. The Balaban J connectivity index is 1.67. The van der Waals surface area contributed by atoms with Crippen LogP contribution in [0.15, 0.2) is 95.1 Å². The van der Waals surface area contributed by atoms with Crippen molar-refractivity contribution in [2.24, 2.45) is 10.2 Å². The molecule has 0 aliphatic heterocycles. The second-order valence-corrected chi connectivity index (χ2v) is 8.10. The van der Waals surface area contributed by atoms with Crippen LogP contribution in [0, 0.1) is 0 Å². The summed E-state index contributed by atoms with van der Waals surface area (Å²) in [6.07, 6.45) is -0.0102. The van der Waals surface area contributed by atoms with Crippen molar-refractivity contribution in [3.63, 3.8) is 0 Å². The van der Waals surface area contributed by atoms with Crippen LogP contribution in [0.2, 0.25) is 0 Å². The summed E-state index contributed by atoms with van der Waals surface area (Å²) in [6, 6.07) is 23.7. The first-order valence-electron chi connectivity index (χ1n) is 11.7. The molecule has 10 nitrogen and oxygen atoms in total. The van der Waals surface area contributed by atoms with Gasteiger partial charge in [-0.3, -0.25) is 19.2 Å². The smallest absolute Gasteiger partial charge is 0.303 e. The average molecular weight is 515 g/mol. The van der Waals surface area contributed by atoms with Crippen LogP contribution in [0.5, 0.6) is 0 Å². The maximum atomic E-state index is 12.6. The van der Waals surface area contributed by atoms with Crippen molar-refractivity contribution in [1.29, 1.82) is 0 Å². The molecule has 0 saturated heterocycles. The van der Waals surface area contributed by atoms with Crippen molar-refractivity contribution in [1.82, 2.24) is 10.9 Å². The Morgan fingerprint density at radius 2 is 0.842 bits per heavy atom. The Hall–Kier alpha value is -5.12. The second-order valence-electron chi connectivity index (χ2n) is 8.10. The third-order valence-corrected chi connectivity index (χ3v) is 5.36. The molecule has 3 aromatic rings. The summed E-state index contributed by atoms with van der Waals surface area (Å²) in [5.74, 6) is -3.01. The highest BCUT2D eigenvalue weighted by molar-refractivity contribution is 6.04. The van der Waals surface area contributed by atoms with Gasteiger partial charge < -0.3 is 10.2 Å². The van der Waals surface area contributed by atoms with E-state index < -0.39 is 23.8 Å². The van der Waals surface area contributed by atoms with Gasteiger partial charge in [-0.05, 0) is 35.4 Å². The van der Waals surface area contributed by atoms with Crippen LogP contribution < -0.4 is 10.9 Å². The molecular weight excluding hydrogens is 488 g/mol. The summed E-state index contributed by atoms with van der Waals surface area (Å²) in [6.45, 7) is 0. The number of rotatable bonds is 12. The summed E-state index contributed by atoms with van der Waals surface area (Å²) >= 11 is 0. The van der Waals surface area contributed by atoms with Gasteiger partial charge in [-0.2, -0.15) is 10.2 Å². The molecule has 0 heterocycles. The van der Waals surface area contributed by atoms with Gasteiger partial charge in [0.25, 0.3) is 11.8 Å². The Kier molecular flexibility index (Phi) is 10.00. The fraction of sp³-hybridized carbons (Fsp3) is 0.143. The summed E-state index contributed by atoms with van der Waals surface area (Å²) in [4.78, 5) is 47.2. The lowest BCUT2D eigenvalue weighted by molar-refractivity contribution is -0.137. The van der Waals surface area contributed by atoms with E-state index in [0.717, 1.165) is 0 Å². The molecular formula is C28H26N4O6. The van der Waals surface area contributed by atoms with Gasteiger partial charge in [-0.1, -0.05) is 60.7 Å². The number of hydrazone groups is 2. The van der Waals surface area contributed by atoms with E-state index in [1.165, 1.54) is 24.3 Å². The van der Waals surface area contributed by atoms with Crippen molar-refractivity contribution in [2.75, 3.05) is 0 Å². The van der Waals surface area contributed by atoms with Gasteiger partial charge in [0.05, 0.1) is 24.3 Å². The third-order valence-electron chi connectivity index (χ3n) is 5.36. The lowest BCUT2D eigenvalue weighted by Gasteiger charge is -2.08. The van der Waals surface area contributed by atoms with Crippen molar-refractivity contribution in [2.45, 2.75) is 25.7 Å². The van der Waals surface area contributed by atoms with Gasteiger partial charge in [0.1, 0.15) is 0 Å². The SMILES string of the molecule is O=C(O)CCC(=NNC(=O)c1ccc(C(=O)NN=C(CCC(=O)O)c2ccccc2)cc1)c1ccccc1. The predicted octanol–water partition coefficient (Wildman–Crippen LogP) is 3.68. The van der Waals surface area contributed by atoms with Gasteiger partial charge in [0, 0.05) is 24.0 Å². The molecule has 0 saturated carbocycles. The molecule has 0 unspecified atom stereocenters. The van der Waals surface area contributed by atoms with E-state index >= 15 is 0 Å². The second kappa shape index (κ2) is 13.8. The maximum Gasteiger partial charge on any atom is 0.303 e. The molecule has 0 radical (unpaired) electrons. The zero-order chi connectivity index (χ0) is 27.3. The van der Waals surface area contributed by atoms with Crippen LogP contribution in [-0.4, -0.2) is 45.4 Å². The third kappa shape index (κ3) is 8.52. The Morgan fingerprint density at radius 1 is 0.500 bits per heavy atom. The summed E-state index contributed by atoms with van der Waals surface area (Å²) < 4.78 is 0. The van der Waals surface area contributed by atoms with Crippen molar-refractivity contribution < 1.29 is 29.4 Å². The van der Waals surface area contributed by atoms with E-state index in [0.29, 0.717) is 22.6 Å². The van der Waals surface area contributed by atoms with Crippen LogP contribution in [0.3, 0.4) is 0 Å². The molecule has 3 aromatic carbocycles. The highest BCUT2D eigenvalue weighted by atomic mass is 16.4. The van der Waals surface area contributed by atoms with Crippen LogP contribution in [0.4, 0.5) is 0 Å². The largest absolute Gasteiger partial charge is 0.481 e. The topological polar surface area (TPSA) is 158 Å². The minimum Gasteiger partial charge on any atom is -0.481 e. The van der Waals surface area contributed by atoms with Crippen LogP contribution in [0.25, 0.3) is 0 Å². The van der Waals surface area contributed by atoms with Crippen LogP contribution in [0.1, 0.15) is 57.5 Å². The Morgan fingerprint density at radius 3 is 1.16 bits per heavy atom. The number of carboxylic acids is 2.